The van der Waals surface area contributed by atoms with Crippen LogP contribution in [0.25, 0.3) is 88.3 Å². The molecular weight excluding hydrogens is 1660 g/mol. The number of nitrogens with zero attached hydrogens (tertiary/aromatic N) is 8. The lowest BCUT2D eigenvalue weighted by atomic mass is 9.50. The van der Waals surface area contributed by atoms with Crippen LogP contribution >= 0.6 is 46.4 Å². The highest BCUT2D eigenvalue weighted by Crippen LogP contribution is 2.69. The van der Waals surface area contributed by atoms with Crippen molar-refractivity contribution in [2.75, 3.05) is 14.2 Å². The fraction of sp³-hybridized carbons (Fsp3) is 0.321. The van der Waals surface area contributed by atoms with Gasteiger partial charge in [0.05, 0.1) is 123 Å². The number of hydrogen-bond donors (Lipinski definition) is 4. The molecule has 0 radical (unpaired) electrons. The van der Waals surface area contributed by atoms with E-state index in [9.17, 15) is 20.4 Å². The highest BCUT2D eigenvalue weighted by Gasteiger charge is 2.60. The van der Waals surface area contributed by atoms with Gasteiger partial charge >= 0.3 is 0 Å². The van der Waals surface area contributed by atoms with Crippen LogP contribution in [0.5, 0.6) is 57.5 Å². The maximum atomic E-state index is 9.91. The number of rotatable bonds is 2. The third-order valence-corrected chi connectivity index (χ3v) is 32.7. The topological polar surface area (TPSA) is 221 Å². The van der Waals surface area contributed by atoms with Crippen LogP contribution in [-0.2, 0) is 54.1 Å². The fourth-order valence-electron chi connectivity index (χ4n) is 25.0. The van der Waals surface area contributed by atoms with Crippen molar-refractivity contribution in [1.82, 2.24) is 39.9 Å². The summed E-state index contributed by atoms with van der Waals surface area (Å²) in [5, 5.41) is 41.5. The van der Waals surface area contributed by atoms with Crippen molar-refractivity contribution in [2.45, 2.75) is 202 Å². The van der Waals surface area contributed by atoms with Gasteiger partial charge in [-0.2, -0.15) is 0 Å². The molecule has 0 saturated carbocycles. The first-order valence-corrected chi connectivity index (χ1v) is 44.9. The standard InChI is InChI=1S/C55H50N4O4.C33H24Cl4N4.C18H18O4/c1-27-13-37-38(14-28(27)2)57-41-17-35-29(15-39(41)56-37)51(3,4)25-55(35)26-52(5,6)30-16-40-42(18-36(30)55)59-44-24-50-49(23-43(44)58-40)62-47-21-33-34(22-48(47)63-50)54(8)12-11-53(33,7)31-19-45(60-9)46(61-10)20-32(31)54;1-31(2)13-33(17-7-25-23(5-15(17)31)38-27-9-19(34)21(36)11-29(27)40-25)14-32(3,4)16-6-24-26(8-18(16)33)41-30-12-22(37)20(35)10-28(30)39-24;1-17-3-4-18(2,11-7-15(21)13(19)5-9(11)17)12-8-16(22)14(20)6-10(12)17/h13-24H,11-12,25-26H2,1-10H3;5-12H,13-14H2,1-4H3;5-8,19-22H,3-4H2,1-2H3. The van der Waals surface area contributed by atoms with Gasteiger partial charge in [-0.05, 0) is 320 Å². The van der Waals surface area contributed by atoms with Gasteiger partial charge in [0.25, 0.3) is 0 Å². The van der Waals surface area contributed by atoms with Gasteiger partial charge in [0, 0.05) is 44.6 Å². The molecular formula is C106H92Cl4N8O8. The summed E-state index contributed by atoms with van der Waals surface area (Å²) >= 11 is 25.3. The number of phenolic OH excluding ortho intramolecular Hbond substituents is 4. The van der Waals surface area contributed by atoms with Gasteiger partial charge in [-0.3, -0.25) is 0 Å². The molecule has 3 atom stereocenters. The lowest BCUT2D eigenvalue weighted by Gasteiger charge is -2.53. The van der Waals surface area contributed by atoms with Gasteiger partial charge in [-0.1, -0.05) is 129 Å². The highest BCUT2D eigenvalue weighted by molar-refractivity contribution is 6.43. The Hall–Kier alpha value is -11.4. The van der Waals surface area contributed by atoms with E-state index in [4.69, 9.17) is 105 Å². The second kappa shape index (κ2) is 25.7. The van der Waals surface area contributed by atoms with Crippen molar-refractivity contribution >= 4 is 135 Å². The predicted octanol–water partition coefficient (Wildman–Crippen LogP) is 26.1. The molecule has 11 aliphatic rings. The van der Waals surface area contributed by atoms with E-state index in [0.717, 1.165) is 179 Å². The third kappa shape index (κ3) is 10.9. The molecule has 4 N–H and O–H groups in total. The Morgan fingerprint density at radius 3 is 0.675 bits per heavy atom. The summed E-state index contributed by atoms with van der Waals surface area (Å²) < 4.78 is 25.1. The van der Waals surface area contributed by atoms with E-state index in [-0.39, 0.29) is 77.1 Å². The number of aromatic hydroxyl groups is 4. The van der Waals surface area contributed by atoms with Crippen molar-refractivity contribution < 1.29 is 39.4 Å². The second-order valence-electron chi connectivity index (χ2n) is 41.0. The lowest BCUT2D eigenvalue weighted by Crippen LogP contribution is -2.46. The number of aromatic nitrogens is 8. The first kappa shape index (κ1) is 79.3. The predicted molar refractivity (Wildman–Crippen MR) is 500 cm³/mol. The van der Waals surface area contributed by atoms with Crippen LogP contribution in [0.3, 0.4) is 0 Å². The van der Waals surface area contributed by atoms with Crippen LogP contribution in [0, 0.1) is 13.8 Å². The zero-order valence-electron chi connectivity index (χ0n) is 73.0. The normalized spacial score (nSPS) is 22.8. The molecule has 0 saturated heterocycles. The van der Waals surface area contributed by atoms with Crippen molar-refractivity contribution in [2.24, 2.45) is 0 Å². The molecule has 20 heteroatoms. The average Bonchev–Trinajstić information content (AvgIpc) is 1.25. The summed E-state index contributed by atoms with van der Waals surface area (Å²) in [6, 6.07) is 49.2. The maximum Gasteiger partial charge on any atom is 0.172 e. The molecule has 0 amide bonds. The molecule has 27 rings (SSSR count). The van der Waals surface area contributed by atoms with E-state index >= 15 is 0 Å². The smallest absolute Gasteiger partial charge is 0.172 e. The molecule has 3 unspecified atom stereocenters. The van der Waals surface area contributed by atoms with E-state index in [1.54, 1.807) is 62.8 Å². The number of fused-ring (bicyclic) bond motifs is 20. The molecule has 1 aliphatic heterocycles. The van der Waals surface area contributed by atoms with E-state index in [2.05, 4.69) is 182 Å². The van der Waals surface area contributed by atoms with E-state index in [1.807, 2.05) is 12.1 Å². The molecule has 16 nitrogen and oxygen atoms in total. The zero-order valence-corrected chi connectivity index (χ0v) is 76.0. The largest absolute Gasteiger partial charge is 0.504 e. The Labute approximate surface area is 748 Å². The molecule has 126 heavy (non-hydrogen) atoms. The Bertz CT molecular complexity index is 7500. The first-order valence-electron chi connectivity index (χ1n) is 43.4. The van der Waals surface area contributed by atoms with Crippen LogP contribution in [0.2, 0.25) is 20.1 Å². The molecule has 16 aromatic rings. The molecule has 5 heterocycles. The van der Waals surface area contributed by atoms with Gasteiger partial charge in [0.2, 0.25) is 0 Å². The van der Waals surface area contributed by atoms with Crippen molar-refractivity contribution in [3.8, 4) is 57.5 Å². The monoisotopic (exact) mass is 1740 g/mol. The highest BCUT2D eigenvalue weighted by atomic mass is 35.5. The Kier molecular flexibility index (Phi) is 16.2. The Balaban J connectivity index is 0.000000123. The van der Waals surface area contributed by atoms with E-state index in [1.165, 1.54) is 77.9 Å². The van der Waals surface area contributed by atoms with Crippen molar-refractivity contribution in [3.63, 3.8) is 0 Å². The van der Waals surface area contributed by atoms with Gasteiger partial charge in [-0.15, -0.1) is 0 Å². The summed E-state index contributed by atoms with van der Waals surface area (Å²) in [7, 11) is 3.41. The van der Waals surface area contributed by atoms with Crippen molar-refractivity contribution in [3.05, 3.63) is 266 Å². The van der Waals surface area contributed by atoms with E-state index in [0.29, 0.717) is 37.3 Å². The molecule has 4 aromatic heterocycles. The number of aryl methyl sites for hydroxylation is 2. The van der Waals surface area contributed by atoms with Gasteiger partial charge in [0.15, 0.2) is 57.5 Å². The summed E-state index contributed by atoms with van der Waals surface area (Å²) in [4.78, 5) is 40.9. The molecule has 0 fully saturated rings. The van der Waals surface area contributed by atoms with Crippen molar-refractivity contribution in [1.29, 1.82) is 0 Å². The minimum Gasteiger partial charge on any atom is -0.504 e. The van der Waals surface area contributed by atoms with Gasteiger partial charge in [0.1, 0.15) is 0 Å². The summed E-state index contributed by atoms with van der Waals surface area (Å²) in [6.45, 7) is 32.1. The fourth-order valence-corrected chi connectivity index (χ4v) is 25.6. The zero-order chi connectivity index (χ0) is 87.8. The number of methoxy groups -OCH3 is 2. The molecule has 12 aromatic carbocycles. The number of ether oxygens (including phenoxy) is 4. The summed E-state index contributed by atoms with van der Waals surface area (Å²) in [5.74, 6) is 3.73. The van der Waals surface area contributed by atoms with Crippen LogP contribution in [0.4, 0.5) is 0 Å². The third-order valence-electron chi connectivity index (χ3n) is 31.3. The van der Waals surface area contributed by atoms with Crippen LogP contribution < -0.4 is 18.9 Å². The molecule has 2 spiro atoms. The minimum absolute atomic E-state index is 0.0600. The summed E-state index contributed by atoms with van der Waals surface area (Å²) in [5.41, 5.74) is 33.9. The number of hydrogen-bond acceptors (Lipinski definition) is 16. The maximum absolute atomic E-state index is 9.91. The molecule has 632 valence electrons. The quantitative estimate of drug-likeness (QED) is 0.0933. The Morgan fingerprint density at radius 2 is 0.437 bits per heavy atom. The van der Waals surface area contributed by atoms with E-state index < -0.39 is 0 Å². The van der Waals surface area contributed by atoms with Gasteiger partial charge < -0.3 is 39.4 Å². The average molecular weight is 1750 g/mol. The molecule has 10 aliphatic carbocycles. The van der Waals surface area contributed by atoms with Crippen LogP contribution in [-0.4, -0.2) is 74.5 Å². The molecule has 4 bridgehead atoms. The Morgan fingerprint density at radius 1 is 0.246 bits per heavy atom. The summed E-state index contributed by atoms with van der Waals surface area (Å²) in [6.07, 6.45) is 7.77. The second-order valence-corrected chi connectivity index (χ2v) is 42.6. The number of benzene rings is 12. The number of phenols is 4. The number of halogens is 4. The van der Waals surface area contributed by atoms with Crippen LogP contribution in [0.1, 0.15) is 235 Å². The van der Waals surface area contributed by atoms with Gasteiger partial charge in [-0.25, -0.2) is 39.9 Å². The lowest BCUT2D eigenvalue weighted by molar-refractivity contribution is 0.308. The van der Waals surface area contributed by atoms with Crippen LogP contribution in [0.15, 0.2) is 146 Å². The minimum atomic E-state index is -0.348. The first-order chi connectivity index (χ1) is 59.6. The SMILES string of the molecule is CC1(C)CC2(CC(C)(C)c3cc4nc5cc(Cl)c(Cl)cc5nc4cc32)c2cc3nc4cc(Cl)c(Cl)cc4nc3cc21.CC12CCC(C)(c3cc(O)c(O)cc31)c1cc(O)c(O)cc12.COc1cc2c(cc1OC)C1(C)CCC2(C)c2cc3c(cc21)Oc1cc2nc4cc5c(cc4nc2cc1O3)C(C)(C)CC51CC(C)(C)c2cc3nc4cc(C)c(C)cc4nc3cc21.